The van der Waals surface area contributed by atoms with Crippen LogP contribution in [0.1, 0.15) is 18.2 Å². The second kappa shape index (κ2) is 6.68. The number of pyridine rings is 1. The van der Waals surface area contributed by atoms with Crippen molar-refractivity contribution in [1.29, 1.82) is 0 Å². The summed E-state index contributed by atoms with van der Waals surface area (Å²) in [7, 11) is 0. The van der Waals surface area contributed by atoms with Crippen LogP contribution in [0, 0.1) is 13.8 Å². The number of aromatic nitrogens is 1. The van der Waals surface area contributed by atoms with Crippen molar-refractivity contribution in [3.8, 4) is 5.75 Å². The van der Waals surface area contributed by atoms with Crippen molar-refractivity contribution in [2.24, 2.45) is 0 Å². The molecule has 0 unspecified atom stereocenters. The third kappa shape index (κ3) is 3.68. The third-order valence-corrected chi connectivity index (χ3v) is 2.99. The van der Waals surface area contributed by atoms with Gasteiger partial charge in [-0.05, 0) is 44.5 Å². The molecule has 4 nitrogen and oxygen atoms in total. The first-order valence-corrected chi connectivity index (χ1v) is 6.86. The van der Waals surface area contributed by atoms with E-state index < -0.39 is 6.10 Å². The third-order valence-electron chi connectivity index (χ3n) is 2.99. The molecule has 4 heteroatoms. The molecule has 0 spiro atoms. The van der Waals surface area contributed by atoms with E-state index in [1.54, 1.807) is 0 Å². The van der Waals surface area contributed by atoms with E-state index in [4.69, 9.17) is 9.47 Å². The number of benzene rings is 1. The molecule has 1 atom stereocenters. The number of fused-ring (bicyclic) bond motifs is 1. The zero-order chi connectivity index (χ0) is 14.5. The molecular formula is C16H21NO3. The van der Waals surface area contributed by atoms with Crippen LogP contribution in [0.5, 0.6) is 5.75 Å². The minimum atomic E-state index is -0.629. The van der Waals surface area contributed by atoms with Crippen LogP contribution < -0.4 is 4.74 Å². The molecule has 0 fully saturated rings. The lowest BCUT2D eigenvalue weighted by molar-refractivity contribution is 0.0167. The van der Waals surface area contributed by atoms with Gasteiger partial charge >= 0.3 is 0 Å². The summed E-state index contributed by atoms with van der Waals surface area (Å²) >= 11 is 0. The van der Waals surface area contributed by atoms with Crippen molar-refractivity contribution in [2.75, 3.05) is 19.8 Å². The molecule has 1 aromatic carbocycles. The monoisotopic (exact) mass is 275 g/mol. The molecule has 1 heterocycles. The van der Waals surface area contributed by atoms with E-state index in [9.17, 15) is 5.11 Å². The summed E-state index contributed by atoms with van der Waals surface area (Å²) in [6.07, 6.45) is -0.629. The SMILES string of the molecule is CCOC[C@@H](O)COc1cc(C)cc2ccc(C)nc12. The molecule has 2 rings (SSSR count). The van der Waals surface area contributed by atoms with Gasteiger partial charge in [0, 0.05) is 17.7 Å². The molecule has 0 bridgehead atoms. The first-order chi connectivity index (χ1) is 9.60. The lowest BCUT2D eigenvalue weighted by Crippen LogP contribution is -2.23. The fourth-order valence-corrected chi connectivity index (χ4v) is 2.04. The maximum atomic E-state index is 9.77. The van der Waals surface area contributed by atoms with E-state index in [2.05, 4.69) is 11.1 Å². The van der Waals surface area contributed by atoms with Crippen molar-refractivity contribution in [3.05, 3.63) is 35.5 Å². The molecule has 2 aromatic rings. The Kier molecular flexibility index (Phi) is 4.93. The maximum absolute atomic E-state index is 9.77. The summed E-state index contributed by atoms with van der Waals surface area (Å²) in [5.74, 6) is 0.708. The van der Waals surface area contributed by atoms with E-state index in [0.29, 0.717) is 12.4 Å². The van der Waals surface area contributed by atoms with Crippen molar-refractivity contribution >= 4 is 10.9 Å². The second-order valence-electron chi connectivity index (χ2n) is 4.91. The normalized spacial score (nSPS) is 12.6. The van der Waals surface area contributed by atoms with Gasteiger partial charge in [-0.3, -0.25) is 0 Å². The van der Waals surface area contributed by atoms with Crippen molar-refractivity contribution in [1.82, 2.24) is 4.98 Å². The van der Waals surface area contributed by atoms with E-state index in [1.807, 2.05) is 39.0 Å². The van der Waals surface area contributed by atoms with Crippen LogP contribution in [0.25, 0.3) is 10.9 Å². The number of aliphatic hydroxyl groups is 1. The van der Waals surface area contributed by atoms with Gasteiger partial charge < -0.3 is 14.6 Å². The molecule has 1 N–H and O–H groups in total. The molecule has 108 valence electrons. The minimum absolute atomic E-state index is 0.203. The number of aliphatic hydroxyl groups excluding tert-OH is 1. The van der Waals surface area contributed by atoms with Crippen molar-refractivity contribution in [2.45, 2.75) is 26.9 Å². The highest BCUT2D eigenvalue weighted by atomic mass is 16.5. The van der Waals surface area contributed by atoms with Gasteiger partial charge in [-0.2, -0.15) is 0 Å². The van der Waals surface area contributed by atoms with Crippen molar-refractivity contribution < 1.29 is 14.6 Å². The van der Waals surface area contributed by atoms with Crippen LogP contribution in [0.3, 0.4) is 0 Å². The first-order valence-electron chi connectivity index (χ1n) is 6.86. The van der Waals surface area contributed by atoms with Crippen LogP contribution in [0.2, 0.25) is 0 Å². The van der Waals surface area contributed by atoms with E-state index >= 15 is 0 Å². The van der Waals surface area contributed by atoms with E-state index in [0.717, 1.165) is 22.2 Å². The molecule has 20 heavy (non-hydrogen) atoms. The highest BCUT2D eigenvalue weighted by molar-refractivity contribution is 5.85. The molecular weight excluding hydrogens is 254 g/mol. The van der Waals surface area contributed by atoms with Gasteiger partial charge in [0.25, 0.3) is 0 Å². The number of hydrogen-bond acceptors (Lipinski definition) is 4. The molecule has 0 amide bonds. The number of hydrogen-bond donors (Lipinski definition) is 1. The molecule has 0 saturated carbocycles. The van der Waals surface area contributed by atoms with Gasteiger partial charge in [-0.25, -0.2) is 4.98 Å². The smallest absolute Gasteiger partial charge is 0.145 e. The average molecular weight is 275 g/mol. The first kappa shape index (κ1) is 14.8. The summed E-state index contributed by atoms with van der Waals surface area (Å²) in [4.78, 5) is 4.52. The highest BCUT2D eigenvalue weighted by Gasteiger charge is 2.09. The molecule has 0 radical (unpaired) electrons. The number of ether oxygens (including phenoxy) is 2. The lowest BCUT2D eigenvalue weighted by atomic mass is 10.1. The van der Waals surface area contributed by atoms with Gasteiger partial charge in [0.2, 0.25) is 0 Å². The molecule has 0 aliphatic carbocycles. The highest BCUT2D eigenvalue weighted by Crippen LogP contribution is 2.26. The van der Waals surface area contributed by atoms with E-state index in [1.165, 1.54) is 0 Å². The summed E-state index contributed by atoms with van der Waals surface area (Å²) in [5.41, 5.74) is 2.89. The maximum Gasteiger partial charge on any atom is 0.145 e. The minimum Gasteiger partial charge on any atom is -0.488 e. The van der Waals surface area contributed by atoms with Crippen LogP contribution in [-0.4, -0.2) is 36.0 Å². The topological polar surface area (TPSA) is 51.6 Å². The molecule has 0 saturated heterocycles. The second-order valence-corrected chi connectivity index (χ2v) is 4.91. The van der Waals surface area contributed by atoms with Gasteiger partial charge in [-0.15, -0.1) is 0 Å². The summed E-state index contributed by atoms with van der Waals surface area (Å²) in [5, 5.41) is 10.8. The number of rotatable bonds is 6. The summed E-state index contributed by atoms with van der Waals surface area (Å²) < 4.78 is 10.9. The lowest BCUT2D eigenvalue weighted by Gasteiger charge is -2.14. The Morgan fingerprint density at radius 3 is 2.75 bits per heavy atom. The Bertz CT molecular complexity index is 583. The van der Waals surface area contributed by atoms with Gasteiger partial charge in [-0.1, -0.05) is 6.07 Å². The Balaban J connectivity index is 2.18. The van der Waals surface area contributed by atoms with Gasteiger partial charge in [0.05, 0.1) is 6.61 Å². The van der Waals surface area contributed by atoms with E-state index in [-0.39, 0.29) is 13.2 Å². The Morgan fingerprint density at radius 2 is 2.00 bits per heavy atom. The van der Waals surface area contributed by atoms with Crippen LogP contribution in [-0.2, 0) is 4.74 Å². The summed E-state index contributed by atoms with van der Waals surface area (Å²) in [6, 6.07) is 8.04. The molecule has 1 aromatic heterocycles. The molecule has 0 aliphatic heterocycles. The Hall–Kier alpha value is -1.65. The Morgan fingerprint density at radius 1 is 1.20 bits per heavy atom. The average Bonchev–Trinajstić information content (AvgIpc) is 2.43. The van der Waals surface area contributed by atoms with Gasteiger partial charge in [0.1, 0.15) is 24.0 Å². The largest absolute Gasteiger partial charge is 0.488 e. The van der Waals surface area contributed by atoms with Crippen LogP contribution in [0.4, 0.5) is 0 Å². The van der Waals surface area contributed by atoms with Crippen molar-refractivity contribution in [3.63, 3.8) is 0 Å². The standard InChI is InChI=1S/C16H21NO3/c1-4-19-9-14(18)10-20-15-8-11(2)7-13-6-5-12(3)17-16(13)15/h5-8,14,18H,4,9-10H2,1-3H3/t14-/m1/s1. The fraction of sp³-hybridized carbons (Fsp3) is 0.438. The summed E-state index contributed by atoms with van der Waals surface area (Å²) in [6.45, 7) is 6.94. The Labute approximate surface area is 119 Å². The predicted molar refractivity (Wildman–Crippen MR) is 79.2 cm³/mol. The predicted octanol–water partition coefficient (Wildman–Crippen LogP) is 2.63. The zero-order valence-electron chi connectivity index (χ0n) is 12.2. The zero-order valence-corrected chi connectivity index (χ0v) is 12.2. The van der Waals surface area contributed by atoms with Crippen LogP contribution in [0.15, 0.2) is 24.3 Å². The quantitative estimate of drug-likeness (QED) is 0.880. The number of nitrogens with zero attached hydrogens (tertiary/aromatic N) is 1. The van der Waals surface area contributed by atoms with Gasteiger partial charge in [0.15, 0.2) is 0 Å². The van der Waals surface area contributed by atoms with Crippen LogP contribution >= 0.6 is 0 Å². The fourth-order valence-electron chi connectivity index (χ4n) is 2.04. The molecule has 0 aliphatic rings. The number of aryl methyl sites for hydroxylation is 2.